The number of pyridine rings is 1. The standard InChI is InChI=1S/C15H14N4O/c16-14(20)15-18-13-4-2-1-3-12(13)10-19(15)9-11-5-7-17-8-6-11/h1-8H,9-10H2,(H2,16,20). The summed E-state index contributed by atoms with van der Waals surface area (Å²) in [5.74, 6) is -0.200. The number of amidine groups is 1. The van der Waals surface area contributed by atoms with Crippen LogP contribution in [0.2, 0.25) is 0 Å². The first-order valence-electron chi connectivity index (χ1n) is 6.34. The van der Waals surface area contributed by atoms with Crippen LogP contribution in [0.3, 0.4) is 0 Å². The summed E-state index contributed by atoms with van der Waals surface area (Å²) in [6.45, 7) is 1.21. The summed E-state index contributed by atoms with van der Waals surface area (Å²) in [6, 6.07) is 11.6. The molecule has 2 heterocycles. The topological polar surface area (TPSA) is 71.6 Å². The molecule has 2 N–H and O–H groups in total. The van der Waals surface area contributed by atoms with Crippen LogP contribution in [0.25, 0.3) is 0 Å². The van der Waals surface area contributed by atoms with Crippen LogP contribution in [0, 0.1) is 0 Å². The van der Waals surface area contributed by atoms with Crippen molar-refractivity contribution in [3.8, 4) is 0 Å². The van der Waals surface area contributed by atoms with Crippen LogP contribution in [0.1, 0.15) is 11.1 Å². The maximum atomic E-state index is 11.6. The molecule has 5 nitrogen and oxygen atoms in total. The zero-order valence-corrected chi connectivity index (χ0v) is 10.9. The van der Waals surface area contributed by atoms with E-state index in [0.717, 1.165) is 16.8 Å². The molecule has 0 atom stereocenters. The van der Waals surface area contributed by atoms with E-state index in [1.165, 1.54) is 0 Å². The van der Waals surface area contributed by atoms with Gasteiger partial charge < -0.3 is 10.6 Å². The van der Waals surface area contributed by atoms with Crippen LogP contribution >= 0.6 is 0 Å². The monoisotopic (exact) mass is 266 g/mol. The lowest BCUT2D eigenvalue weighted by atomic mass is 10.1. The summed E-state index contributed by atoms with van der Waals surface area (Å²) >= 11 is 0. The minimum Gasteiger partial charge on any atom is -0.363 e. The normalized spacial score (nSPS) is 13.6. The Morgan fingerprint density at radius 2 is 1.95 bits per heavy atom. The number of carbonyl (C=O) groups excluding carboxylic acids is 1. The Morgan fingerprint density at radius 1 is 1.20 bits per heavy atom. The molecule has 0 bridgehead atoms. The zero-order chi connectivity index (χ0) is 13.9. The smallest absolute Gasteiger partial charge is 0.284 e. The summed E-state index contributed by atoms with van der Waals surface area (Å²) in [5.41, 5.74) is 8.41. The molecular weight excluding hydrogens is 252 g/mol. The predicted octanol–water partition coefficient (Wildman–Crippen LogP) is 1.61. The maximum absolute atomic E-state index is 11.6. The molecule has 0 unspecified atom stereocenters. The largest absolute Gasteiger partial charge is 0.363 e. The molecule has 5 heteroatoms. The number of para-hydroxylation sites is 1. The highest BCUT2D eigenvalue weighted by atomic mass is 16.1. The molecule has 0 fully saturated rings. The third-order valence-electron chi connectivity index (χ3n) is 3.22. The van der Waals surface area contributed by atoms with E-state index in [-0.39, 0.29) is 0 Å². The number of amides is 1. The number of nitrogens with two attached hydrogens (primary N) is 1. The highest BCUT2D eigenvalue weighted by Crippen LogP contribution is 2.26. The second-order valence-corrected chi connectivity index (χ2v) is 4.64. The van der Waals surface area contributed by atoms with E-state index in [2.05, 4.69) is 9.98 Å². The average Bonchev–Trinajstić information content (AvgIpc) is 2.47. The predicted molar refractivity (Wildman–Crippen MR) is 76.2 cm³/mol. The first-order chi connectivity index (χ1) is 9.74. The Labute approximate surface area is 116 Å². The number of benzene rings is 1. The maximum Gasteiger partial charge on any atom is 0.284 e. The Morgan fingerprint density at radius 3 is 2.70 bits per heavy atom. The molecule has 1 amide bonds. The van der Waals surface area contributed by atoms with Crippen molar-refractivity contribution in [2.24, 2.45) is 10.7 Å². The third kappa shape index (κ3) is 2.38. The third-order valence-corrected chi connectivity index (χ3v) is 3.22. The highest BCUT2D eigenvalue weighted by Gasteiger charge is 2.23. The molecule has 0 radical (unpaired) electrons. The van der Waals surface area contributed by atoms with Crippen LogP contribution in [0.4, 0.5) is 5.69 Å². The second-order valence-electron chi connectivity index (χ2n) is 4.64. The summed E-state index contributed by atoms with van der Waals surface area (Å²) in [6.07, 6.45) is 3.46. The van der Waals surface area contributed by atoms with E-state index in [4.69, 9.17) is 5.73 Å². The molecule has 0 aliphatic carbocycles. The number of carbonyl (C=O) groups is 1. The molecule has 0 saturated carbocycles. The fraction of sp³-hybridized carbons (Fsp3) is 0.133. The number of aliphatic imine (C=N–C) groups is 1. The molecule has 3 rings (SSSR count). The second kappa shape index (κ2) is 5.13. The Balaban J connectivity index is 1.94. The Bertz CT molecular complexity index is 667. The van der Waals surface area contributed by atoms with Gasteiger partial charge in [-0.25, -0.2) is 4.99 Å². The van der Waals surface area contributed by atoms with Gasteiger partial charge >= 0.3 is 0 Å². The fourth-order valence-corrected chi connectivity index (χ4v) is 2.27. The van der Waals surface area contributed by atoms with Gasteiger partial charge in [-0.15, -0.1) is 0 Å². The zero-order valence-electron chi connectivity index (χ0n) is 10.9. The van der Waals surface area contributed by atoms with E-state index < -0.39 is 5.91 Å². The van der Waals surface area contributed by atoms with E-state index in [1.54, 1.807) is 12.4 Å². The van der Waals surface area contributed by atoms with Crippen molar-refractivity contribution in [1.82, 2.24) is 9.88 Å². The molecule has 2 aromatic rings. The number of rotatable bonds is 3. The molecular formula is C15H14N4O. The summed E-state index contributed by atoms with van der Waals surface area (Å²) < 4.78 is 0. The molecule has 20 heavy (non-hydrogen) atoms. The van der Waals surface area contributed by atoms with Gasteiger partial charge in [-0.2, -0.15) is 0 Å². The molecule has 1 aromatic heterocycles. The molecule has 0 saturated heterocycles. The highest BCUT2D eigenvalue weighted by molar-refractivity contribution is 6.37. The van der Waals surface area contributed by atoms with Crippen LogP contribution in [-0.4, -0.2) is 21.6 Å². The van der Waals surface area contributed by atoms with Gasteiger partial charge in [0.2, 0.25) is 0 Å². The Hall–Kier alpha value is -2.69. The van der Waals surface area contributed by atoms with Gasteiger partial charge in [-0.1, -0.05) is 18.2 Å². The van der Waals surface area contributed by atoms with Gasteiger partial charge in [0, 0.05) is 25.5 Å². The minimum atomic E-state index is -0.506. The summed E-state index contributed by atoms with van der Waals surface area (Å²) in [5, 5.41) is 0. The number of hydrogen-bond acceptors (Lipinski definition) is 4. The van der Waals surface area contributed by atoms with Crippen LogP contribution in [-0.2, 0) is 17.9 Å². The van der Waals surface area contributed by atoms with E-state index >= 15 is 0 Å². The van der Waals surface area contributed by atoms with E-state index in [9.17, 15) is 4.79 Å². The summed E-state index contributed by atoms with van der Waals surface area (Å²) in [7, 11) is 0. The molecule has 1 aliphatic rings. The van der Waals surface area contributed by atoms with Crippen LogP contribution < -0.4 is 5.73 Å². The van der Waals surface area contributed by atoms with Crippen molar-refractivity contribution in [2.45, 2.75) is 13.1 Å². The fourth-order valence-electron chi connectivity index (χ4n) is 2.27. The number of nitrogens with zero attached hydrogens (tertiary/aromatic N) is 3. The number of aromatic nitrogens is 1. The number of hydrogen-bond donors (Lipinski definition) is 1. The SMILES string of the molecule is NC(=O)C1=Nc2ccccc2CN1Cc1ccncc1. The van der Waals surface area contributed by atoms with E-state index in [1.807, 2.05) is 41.3 Å². The molecule has 1 aliphatic heterocycles. The lowest BCUT2D eigenvalue weighted by molar-refractivity contribution is -0.112. The quantitative estimate of drug-likeness (QED) is 0.917. The minimum absolute atomic E-state index is 0.306. The first-order valence-corrected chi connectivity index (χ1v) is 6.34. The van der Waals surface area contributed by atoms with Gasteiger partial charge in [-0.3, -0.25) is 9.78 Å². The number of primary amides is 1. The average molecular weight is 266 g/mol. The molecule has 0 spiro atoms. The Kier molecular flexibility index (Phi) is 3.16. The van der Waals surface area contributed by atoms with Crippen molar-refractivity contribution in [3.05, 3.63) is 59.9 Å². The van der Waals surface area contributed by atoms with E-state index in [0.29, 0.717) is 18.9 Å². The molecule has 1 aromatic carbocycles. The lowest BCUT2D eigenvalue weighted by Gasteiger charge is -2.28. The van der Waals surface area contributed by atoms with Crippen LogP contribution in [0.15, 0.2) is 53.8 Å². The van der Waals surface area contributed by atoms with Crippen molar-refractivity contribution < 1.29 is 4.79 Å². The lowest BCUT2D eigenvalue weighted by Crippen LogP contribution is -2.41. The van der Waals surface area contributed by atoms with Gasteiger partial charge in [-0.05, 0) is 29.3 Å². The van der Waals surface area contributed by atoms with Crippen molar-refractivity contribution in [2.75, 3.05) is 0 Å². The van der Waals surface area contributed by atoms with Gasteiger partial charge in [0.15, 0.2) is 5.84 Å². The van der Waals surface area contributed by atoms with Crippen LogP contribution in [0.5, 0.6) is 0 Å². The number of fused-ring (bicyclic) bond motifs is 1. The van der Waals surface area contributed by atoms with Crippen molar-refractivity contribution in [1.29, 1.82) is 0 Å². The van der Waals surface area contributed by atoms with Gasteiger partial charge in [0.25, 0.3) is 5.91 Å². The van der Waals surface area contributed by atoms with Crippen molar-refractivity contribution in [3.63, 3.8) is 0 Å². The first kappa shape index (κ1) is 12.3. The summed E-state index contributed by atoms with van der Waals surface area (Å²) in [4.78, 5) is 21.9. The molecule has 100 valence electrons. The van der Waals surface area contributed by atoms with Gasteiger partial charge in [0.1, 0.15) is 0 Å². The van der Waals surface area contributed by atoms with Gasteiger partial charge in [0.05, 0.1) is 5.69 Å². The van der Waals surface area contributed by atoms with Crippen molar-refractivity contribution >= 4 is 17.4 Å².